The first-order valence-electron chi connectivity index (χ1n) is 5.17. The third kappa shape index (κ3) is 2.47. The number of rotatable bonds is 2. The maximum absolute atomic E-state index is 12.2. The lowest BCUT2D eigenvalue weighted by Crippen LogP contribution is -2.32. The topological polar surface area (TPSA) is 81.2 Å². The fourth-order valence-electron chi connectivity index (χ4n) is 1.84. The third-order valence-electron chi connectivity index (χ3n) is 3.00. The first-order valence-corrected chi connectivity index (χ1v) is 6.61. The van der Waals surface area contributed by atoms with Crippen LogP contribution in [-0.2, 0) is 17.1 Å². The van der Waals surface area contributed by atoms with Crippen molar-refractivity contribution in [1.82, 2.24) is 14.1 Å². The predicted molar refractivity (Wildman–Crippen MR) is 66.5 cm³/mol. The monoisotopic (exact) mass is 280 g/mol. The summed E-state index contributed by atoms with van der Waals surface area (Å²) in [5.41, 5.74) is 6.37. The summed E-state index contributed by atoms with van der Waals surface area (Å²) in [6.45, 7) is 2.64. The van der Waals surface area contributed by atoms with E-state index >= 15 is 0 Å². The van der Waals surface area contributed by atoms with Crippen molar-refractivity contribution in [3.8, 4) is 0 Å². The molecule has 0 spiro atoms. The molecule has 0 radical (unpaired) electrons. The van der Waals surface area contributed by atoms with Crippen LogP contribution in [0.5, 0.6) is 0 Å². The molecule has 17 heavy (non-hydrogen) atoms. The molecule has 0 aliphatic carbocycles. The van der Waals surface area contributed by atoms with Gasteiger partial charge in [-0.2, -0.15) is 9.40 Å². The number of nitrogens with two attached hydrogens (primary N) is 1. The molecule has 1 unspecified atom stereocenters. The van der Waals surface area contributed by atoms with Crippen LogP contribution >= 0.6 is 12.4 Å². The van der Waals surface area contributed by atoms with Gasteiger partial charge in [0.2, 0.25) is 10.0 Å². The van der Waals surface area contributed by atoms with Crippen LogP contribution in [0, 0.1) is 6.92 Å². The fraction of sp³-hybridized carbons (Fsp3) is 0.667. The molecule has 2 rings (SSSR count). The largest absolute Gasteiger partial charge is 0.326 e. The van der Waals surface area contributed by atoms with Crippen molar-refractivity contribution in [3.63, 3.8) is 0 Å². The van der Waals surface area contributed by atoms with Crippen molar-refractivity contribution in [2.75, 3.05) is 13.1 Å². The number of hydrogen-bond acceptors (Lipinski definition) is 4. The summed E-state index contributed by atoms with van der Waals surface area (Å²) in [5.74, 6) is 0. The average Bonchev–Trinajstić information content (AvgIpc) is 2.76. The van der Waals surface area contributed by atoms with Crippen molar-refractivity contribution in [1.29, 1.82) is 0 Å². The summed E-state index contributed by atoms with van der Waals surface area (Å²) >= 11 is 0. The Hall–Kier alpha value is -0.630. The number of aryl methyl sites for hydroxylation is 1. The molecule has 1 saturated heterocycles. The minimum absolute atomic E-state index is 0. The van der Waals surface area contributed by atoms with Crippen molar-refractivity contribution < 1.29 is 8.42 Å². The highest BCUT2D eigenvalue weighted by Crippen LogP contribution is 2.22. The smallest absolute Gasteiger partial charge is 0.246 e. The molecule has 0 saturated carbocycles. The van der Waals surface area contributed by atoms with E-state index in [0.717, 1.165) is 6.42 Å². The van der Waals surface area contributed by atoms with Gasteiger partial charge in [0.1, 0.15) is 4.90 Å². The molecule has 0 bridgehead atoms. The second-order valence-electron chi connectivity index (χ2n) is 4.13. The van der Waals surface area contributed by atoms with Gasteiger partial charge in [-0.25, -0.2) is 8.42 Å². The van der Waals surface area contributed by atoms with E-state index in [2.05, 4.69) is 5.10 Å². The molecule has 1 aliphatic heterocycles. The van der Waals surface area contributed by atoms with Gasteiger partial charge >= 0.3 is 0 Å². The lowest BCUT2D eigenvalue weighted by Gasteiger charge is -2.15. The zero-order chi connectivity index (χ0) is 11.9. The molecule has 1 aromatic rings. The SMILES string of the molecule is Cc1c(S(=O)(=O)N2CCC(N)C2)cnn1C.Cl. The van der Waals surface area contributed by atoms with Gasteiger partial charge in [-0.05, 0) is 13.3 Å². The molecule has 0 amide bonds. The molecule has 1 aliphatic rings. The molecule has 98 valence electrons. The molecule has 6 nitrogen and oxygen atoms in total. The van der Waals surface area contributed by atoms with Crippen LogP contribution in [0.25, 0.3) is 0 Å². The van der Waals surface area contributed by atoms with Crippen molar-refractivity contribution in [2.45, 2.75) is 24.3 Å². The van der Waals surface area contributed by atoms with E-state index in [1.807, 2.05) is 0 Å². The zero-order valence-corrected chi connectivity index (χ0v) is 11.5. The highest BCUT2D eigenvalue weighted by atomic mass is 35.5. The van der Waals surface area contributed by atoms with Gasteiger partial charge in [0.15, 0.2) is 0 Å². The number of aromatic nitrogens is 2. The Labute approximate surface area is 107 Å². The number of nitrogens with zero attached hydrogens (tertiary/aromatic N) is 3. The standard InChI is InChI=1S/C9H16N4O2S.ClH/c1-7-9(5-11-12(7)2)16(14,15)13-4-3-8(10)6-13;/h5,8H,3-4,6,10H2,1-2H3;1H. The first-order chi connectivity index (χ1) is 7.43. The van der Waals surface area contributed by atoms with Gasteiger partial charge in [-0.3, -0.25) is 4.68 Å². The Morgan fingerprint density at radius 1 is 1.53 bits per heavy atom. The Bertz CT molecular complexity index is 499. The first kappa shape index (κ1) is 14.4. The summed E-state index contributed by atoms with van der Waals surface area (Å²) in [5, 5.41) is 3.95. The second-order valence-corrected chi connectivity index (χ2v) is 6.04. The van der Waals surface area contributed by atoms with E-state index in [0.29, 0.717) is 18.8 Å². The maximum atomic E-state index is 12.2. The van der Waals surface area contributed by atoms with Crippen LogP contribution in [0.4, 0.5) is 0 Å². The Morgan fingerprint density at radius 2 is 2.18 bits per heavy atom. The van der Waals surface area contributed by atoms with Crippen molar-refractivity contribution in [2.24, 2.45) is 12.8 Å². The van der Waals surface area contributed by atoms with E-state index in [1.165, 1.54) is 10.5 Å². The minimum Gasteiger partial charge on any atom is -0.326 e. The van der Waals surface area contributed by atoms with Gasteiger partial charge in [0.25, 0.3) is 0 Å². The van der Waals surface area contributed by atoms with E-state index in [1.54, 1.807) is 18.7 Å². The lowest BCUT2D eigenvalue weighted by atomic mass is 10.3. The zero-order valence-electron chi connectivity index (χ0n) is 9.83. The number of hydrogen-bond donors (Lipinski definition) is 1. The van der Waals surface area contributed by atoms with Gasteiger partial charge in [-0.1, -0.05) is 0 Å². The number of halogens is 1. The molecule has 1 aromatic heterocycles. The molecule has 8 heteroatoms. The van der Waals surface area contributed by atoms with E-state index < -0.39 is 10.0 Å². The van der Waals surface area contributed by atoms with E-state index in [-0.39, 0.29) is 23.3 Å². The maximum Gasteiger partial charge on any atom is 0.246 e. The highest BCUT2D eigenvalue weighted by molar-refractivity contribution is 7.89. The molecule has 1 atom stereocenters. The summed E-state index contributed by atoms with van der Waals surface area (Å²) in [7, 11) is -1.69. The van der Waals surface area contributed by atoms with Gasteiger partial charge < -0.3 is 5.73 Å². The van der Waals surface area contributed by atoms with Crippen LogP contribution in [-0.4, -0.2) is 41.6 Å². The van der Waals surface area contributed by atoms with Crippen LogP contribution in [0.15, 0.2) is 11.1 Å². The summed E-state index contributed by atoms with van der Waals surface area (Å²) in [4.78, 5) is 0.282. The van der Waals surface area contributed by atoms with Crippen molar-refractivity contribution in [3.05, 3.63) is 11.9 Å². The highest BCUT2D eigenvalue weighted by Gasteiger charge is 2.32. The molecular weight excluding hydrogens is 264 g/mol. The molecule has 0 aromatic carbocycles. The molecular formula is C9H17ClN4O2S. The fourth-order valence-corrected chi connectivity index (χ4v) is 3.54. The van der Waals surface area contributed by atoms with Crippen molar-refractivity contribution >= 4 is 22.4 Å². The van der Waals surface area contributed by atoms with Gasteiger partial charge in [0.05, 0.1) is 11.9 Å². The quantitative estimate of drug-likeness (QED) is 0.818. The van der Waals surface area contributed by atoms with Gasteiger partial charge in [0, 0.05) is 26.2 Å². The van der Waals surface area contributed by atoms with E-state index in [4.69, 9.17) is 5.73 Å². The van der Waals surface area contributed by atoms with Crippen LogP contribution in [0.2, 0.25) is 0 Å². The Kier molecular flexibility index (Phi) is 4.19. The minimum atomic E-state index is -3.41. The third-order valence-corrected chi connectivity index (χ3v) is 4.96. The number of sulfonamides is 1. The summed E-state index contributed by atoms with van der Waals surface area (Å²) in [6.07, 6.45) is 2.12. The Morgan fingerprint density at radius 3 is 2.59 bits per heavy atom. The normalized spacial score (nSPS) is 21.5. The van der Waals surface area contributed by atoms with Crippen LogP contribution in [0.3, 0.4) is 0 Å². The predicted octanol–water partition coefficient (Wildman–Crippen LogP) is -0.128. The van der Waals surface area contributed by atoms with Crippen LogP contribution < -0.4 is 5.73 Å². The second kappa shape index (κ2) is 4.93. The van der Waals surface area contributed by atoms with Crippen LogP contribution in [0.1, 0.15) is 12.1 Å². The summed E-state index contributed by atoms with van der Waals surface area (Å²) in [6, 6.07) is -0.0493. The Balaban J connectivity index is 0.00000144. The molecule has 1 fully saturated rings. The summed E-state index contributed by atoms with van der Waals surface area (Å²) < 4.78 is 27.5. The van der Waals surface area contributed by atoms with Gasteiger partial charge in [-0.15, -0.1) is 12.4 Å². The molecule has 2 heterocycles. The average molecular weight is 281 g/mol. The molecule has 2 N–H and O–H groups in total. The van der Waals surface area contributed by atoms with E-state index in [9.17, 15) is 8.42 Å². The lowest BCUT2D eigenvalue weighted by molar-refractivity contribution is 0.472.